The van der Waals surface area contributed by atoms with Gasteiger partial charge in [-0.05, 0) is 28.7 Å². The SMILES string of the molecule is COc1c(N2CCOCC2)cc(C(=O)C[n+]2nc(N)n3nc(N4CCOCC4)ccc32)cc1C(C)(C)C. The molecule has 5 rings (SSSR count). The fourth-order valence-electron chi connectivity index (χ4n) is 4.88. The number of hydrogen-bond donors (Lipinski definition) is 1. The third-order valence-electron chi connectivity index (χ3n) is 6.89. The van der Waals surface area contributed by atoms with Gasteiger partial charge in [0.05, 0.1) is 39.2 Å². The van der Waals surface area contributed by atoms with Crippen molar-refractivity contribution in [2.24, 2.45) is 0 Å². The number of rotatable bonds is 6. The summed E-state index contributed by atoms with van der Waals surface area (Å²) in [4.78, 5) is 18.0. The highest BCUT2D eigenvalue weighted by atomic mass is 16.5. The van der Waals surface area contributed by atoms with Crippen molar-refractivity contribution in [3.8, 4) is 5.75 Å². The number of carbonyl (C=O) groups excluding carboxylic acids is 1. The molecule has 2 aliphatic rings. The summed E-state index contributed by atoms with van der Waals surface area (Å²) < 4.78 is 20.1. The van der Waals surface area contributed by atoms with Crippen LogP contribution in [0.1, 0.15) is 36.7 Å². The Morgan fingerprint density at radius 3 is 2.32 bits per heavy atom. The van der Waals surface area contributed by atoms with E-state index in [9.17, 15) is 4.79 Å². The Labute approximate surface area is 216 Å². The van der Waals surface area contributed by atoms with Crippen molar-refractivity contribution in [1.82, 2.24) is 14.7 Å². The van der Waals surface area contributed by atoms with Gasteiger partial charge in [-0.15, -0.1) is 4.68 Å². The highest BCUT2D eigenvalue weighted by Gasteiger charge is 2.29. The van der Waals surface area contributed by atoms with Crippen LogP contribution in [0.2, 0.25) is 0 Å². The molecule has 11 heteroatoms. The number of nitrogens with two attached hydrogens (primary N) is 1. The van der Waals surface area contributed by atoms with E-state index in [2.05, 4.69) is 40.8 Å². The van der Waals surface area contributed by atoms with E-state index in [4.69, 9.17) is 19.9 Å². The number of nitrogen functional groups attached to an aromatic ring is 1. The fourth-order valence-corrected chi connectivity index (χ4v) is 4.88. The molecule has 0 amide bonds. The molecule has 2 fully saturated rings. The van der Waals surface area contributed by atoms with Crippen molar-refractivity contribution in [2.75, 3.05) is 75.2 Å². The summed E-state index contributed by atoms with van der Waals surface area (Å²) in [6.45, 7) is 12.0. The first-order chi connectivity index (χ1) is 17.8. The Bertz CT molecular complexity index is 1290. The van der Waals surface area contributed by atoms with Crippen LogP contribution in [0.4, 0.5) is 17.5 Å². The number of ketones is 1. The molecule has 37 heavy (non-hydrogen) atoms. The predicted octanol–water partition coefficient (Wildman–Crippen LogP) is 1.46. The van der Waals surface area contributed by atoms with Crippen LogP contribution in [0.5, 0.6) is 5.75 Å². The molecular weight excluding hydrogens is 474 g/mol. The third kappa shape index (κ3) is 5.05. The molecule has 1 aromatic carbocycles. The van der Waals surface area contributed by atoms with Gasteiger partial charge in [-0.25, -0.2) is 0 Å². The minimum atomic E-state index is -0.221. The Kier molecular flexibility index (Phi) is 6.91. The Hall–Kier alpha value is -3.44. The minimum absolute atomic E-state index is 0.0394. The minimum Gasteiger partial charge on any atom is -0.494 e. The van der Waals surface area contributed by atoms with E-state index < -0.39 is 0 Å². The lowest BCUT2D eigenvalue weighted by Crippen LogP contribution is -2.41. The number of morpholine rings is 2. The zero-order chi connectivity index (χ0) is 26.2. The third-order valence-corrected chi connectivity index (χ3v) is 6.89. The number of ether oxygens (including phenoxy) is 3. The van der Waals surface area contributed by atoms with Crippen LogP contribution in [0.3, 0.4) is 0 Å². The molecule has 2 aliphatic heterocycles. The molecule has 0 unspecified atom stereocenters. The molecule has 0 saturated carbocycles. The Balaban J connectivity index is 1.48. The number of aromatic nitrogens is 4. The molecule has 3 aromatic rings. The maximum atomic E-state index is 13.7. The number of fused-ring (bicyclic) bond motifs is 1. The van der Waals surface area contributed by atoms with Crippen molar-refractivity contribution < 1.29 is 23.7 Å². The number of anilines is 3. The molecule has 0 radical (unpaired) electrons. The number of carbonyl (C=O) groups is 1. The molecule has 198 valence electrons. The molecule has 4 heterocycles. The van der Waals surface area contributed by atoms with Crippen molar-refractivity contribution in [3.05, 3.63) is 35.4 Å². The Morgan fingerprint density at radius 1 is 1.05 bits per heavy atom. The van der Waals surface area contributed by atoms with Gasteiger partial charge < -0.3 is 29.7 Å². The van der Waals surface area contributed by atoms with Crippen LogP contribution in [0.25, 0.3) is 5.65 Å². The molecular formula is C26H36N7O4+. The zero-order valence-electron chi connectivity index (χ0n) is 22.1. The normalized spacial score (nSPS) is 16.9. The van der Waals surface area contributed by atoms with Gasteiger partial charge in [-0.2, -0.15) is 0 Å². The number of methoxy groups -OCH3 is 1. The number of nitrogens with zero attached hydrogens (tertiary/aromatic N) is 6. The molecule has 0 bridgehead atoms. The molecule has 0 atom stereocenters. The summed E-state index contributed by atoms with van der Waals surface area (Å²) in [6, 6.07) is 7.72. The fraction of sp³-hybridized carbons (Fsp3) is 0.538. The zero-order valence-corrected chi connectivity index (χ0v) is 22.1. The first kappa shape index (κ1) is 25.2. The largest absolute Gasteiger partial charge is 0.494 e. The van der Waals surface area contributed by atoms with Gasteiger partial charge >= 0.3 is 11.6 Å². The number of Topliss-reactive ketones (excluding diaryl/α,β-unsaturated/α-hetero) is 1. The number of hydrogen-bond acceptors (Lipinski definition) is 9. The average Bonchev–Trinajstić information content (AvgIpc) is 3.22. The highest BCUT2D eigenvalue weighted by Crippen LogP contribution is 2.40. The monoisotopic (exact) mass is 510 g/mol. The van der Waals surface area contributed by atoms with Gasteiger partial charge in [0.2, 0.25) is 5.78 Å². The van der Waals surface area contributed by atoms with Crippen LogP contribution >= 0.6 is 0 Å². The van der Waals surface area contributed by atoms with Crippen molar-refractivity contribution >= 4 is 28.9 Å². The smallest absolute Gasteiger partial charge is 0.355 e. The summed E-state index contributed by atoms with van der Waals surface area (Å²) in [5.74, 6) is 1.77. The summed E-state index contributed by atoms with van der Waals surface area (Å²) in [5.41, 5.74) is 9.15. The van der Waals surface area contributed by atoms with E-state index in [0.717, 1.165) is 49.0 Å². The predicted molar refractivity (Wildman–Crippen MR) is 140 cm³/mol. The van der Waals surface area contributed by atoms with Gasteiger partial charge in [-0.3, -0.25) is 4.79 Å². The molecule has 0 aliphatic carbocycles. The van der Waals surface area contributed by atoms with Gasteiger partial charge in [0.15, 0.2) is 12.4 Å². The summed E-state index contributed by atoms with van der Waals surface area (Å²) >= 11 is 0. The quantitative estimate of drug-likeness (QED) is 0.389. The second kappa shape index (κ2) is 10.1. The van der Waals surface area contributed by atoms with Crippen molar-refractivity contribution in [2.45, 2.75) is 32.7 Å². The molecule has 0 spiro atoms. The van der Waals surface area contributed by atoms with Gasteiger partial charge in [0.1, 0.15) is 5.75 Å². The maximum Gasteiger partial charge on any atom is 0.355 e. The summed E-state index contributed by atoms with van der Waals surface area (Å²) in [5, 5.41) is 9.11. The lowest BCUT2D eigenvalue weighted by Gasteiger charge is -2.33. The van der Waals surface area contributed by atoms with E-state index >= 15 is 0 Å². The van der Waals surface area contributed by atoms with Crippen LogP contribution in [-0.2, 0) is 21.4 Å². The first-order valence-corrected chi connectivity index (χ1v) is 12.7. The summed E-state index contributed by atoms with van der Waals surface area (Å²) in [6.07, 6.45) is 0. The molecule has 2 saturated heterocycles. The highest BCUT2D eigenvalue weighted by molar-refractivity contribution is 5.97. The van der Waals surface area contributed by atoms with E-state index in [1.54, 1.807) is 16.3 Å². The van der Waals surface area contributed by atoms with E-state index in [1.165, 1.54) is 0 Å². The standard InChI is InChI=1S/C26H36N7O4/c1-26(2,3)19-15-18(16-20(24(19)35-4)30-7-11-36-12-8-30)21(34)17-32-23-6-5-22(28-33(23)25(27)29-32)31-9-13-37-14-10-31/h5-6,15-16H,7-14,17H2,1-4H3,(H2,27,29)/q+1. The molecule has 11 nitrogen and oxygen atoms in total. The van der Waals surface area contributed by atoms with Crippen LogP contribution in [0, 0.1) is 0 Å². The lowest BCUT2D eigenvalue weighted by molar-refractivity contribution is -0.714. The van der Waals surface area contributed by atoms with E-state index in [0.29, 0.717) is 37.6 Å². The van der Waals surface area contributed by atoms with Crippen LogP contribution in [-0.4, -0.2) is 80.2 Å². The van der Waals surface area contributed by atoms with E-state index in [-0.39, 0.29) is 23.7 Å². The van der Waals surface area contributed by atoms with Gasteiger partial charge in [0, 0.05) is 43.4 Å². The first-order valence-electron chi connectivity index (χ1n) is 12.7. The summed E-state index contributed by atoms with van der Waals surface area (Å²) in [7, 11) is 1.68. The van der Waals surface area contributed by atoms with Crippen LogP contribution < -0.4 is 25.0 Å². The van der Waals surface area contributed by atoms with Crippen molar-refractivity contribution in [1.29, 1.82) is 0 Å². The van der Waals surface area contributed by atoms with Gasteiger partial charge in [-0.1, -0.05) is 30.4 Å². The topological polar surface area (TPSA) is 111 Å². The Morgan fingerprint density at radius 2 is 1.70 bits per heavy atom. The second-order valence-electron chi connectivity index (χ2n) is 10.4. The molecule has 2 aromatic heterocycles. The number of benzene rings is 1. The van der Waals surface area contributed by atoms with E-state index in [1.807, 2.05) is 24.3 Å². The van der Waals surface area contributed by atoms with Crippen LogP contribution in [0.15, 0.2) is 24.3 Å². The average molecular weight is 511 g/mol. The second-order valence-corrected chi connectivity index (χ2v) is 10.4. The van der Waals surface area contributed by atoms with Crippen molar-refractivity contribution in [3.63, 3.8) is 0 Å². The maximum absolute atomic E-state index is 13.7. The molecule has 2 N–H and O–H groups in total. The lowest BCUT2D eigenvalue weighted by atomic mass is 9.84. The van der Waals surface area contributed by atoms with Gasteiger partial charge in [0.25, 0.3) is 0 Å².